The number of piperazine rings is 1. The van der Waals surface area contributed by atoms with Gasteiger partial charge in [-0.05, 0) is 43.0 Å². The lowest BCUT2D eigenvalue weighted by Crippen LogP contribution is -2.52. The Bertz CT molecular complexity index is 1100. The highest BCUT2D eigenvalue weighted by molar-refractivity contribution is 5.88. The second-order valence-corrected chi connectivity index (χ2v) is 10.1. The van der Waals surface area contributed by atoms with Crippen molar-refractivity contribution in [3.05, 3.63) is 59.2 Å². The van der Waals surface area contributed by atoms with Crippen LogP contribution in [0.4, 0.5) is 8.78 Å². The number of nitrogens with two attached hydrogens (primary N) is 1. The molecule has 0 aliphatic carbocycles. The molecule has 2 aromatic rings. The van der Waals surface area contributed by atoms with Crippen LogP contribution in [-0.2, 0) is 22.5 Å². The van der Waals surface area contributed by atoms with Crippen molar-refractivity contribution in [1.29, 1.82) is 5.26 Å². The van der Waals surface area contributed by atoms with Gasteiger partial charge in [-0.1, -0.05) is 36.4 Å². The third-order valence-electron chi connectivity index (χ3n) is 7.45. The van der Waals surface area contributed by atoms with Crippen molar-refractivity contribution in [3.63, 3.8) is 0 Å². The number of halogens is 2. The van der Waals surface area contributed by atoms with E-state index in [0.717, 1.165) is 38.3 Å². The number of carbonyl (C=O) groups excluding carboxylic acids is 1. The number of nitriles is 1. The van der Waals surface area contributed by atoms with E-state index in [2.05, 4.69) is 22.9 Å². The third kappa shape index (κ3) is 6.16. The second-order valence-electron chi connectivity index (χ2n) is 10.1. The van der Waals surface area contributed by atoms with Crippen LogP contribution < -0.4 is 5.73 Å². The lowest BCUT2D eigenvalue weighted by Gasteiger charge is -2.32. The summed E-state index contributed by atoms with van der Waals surface area (Å²) < 4.78 is 35.3. The first-order chi connectivity index (χ1) is 17.3. The highest BCUT2D eigenvalue weighted by atomic mass is 19.2. The fourth-order valence-corrected chi connectivity index (χ4v) is 4.89. The van der Waals surface area contributed by atoms with Crippen LogP contribution in [0.2, 0.25) is 0 Å². The van der Waals surface area contributed by atoms with Crippen molar-refractivity contribution in [2.24, 2.45) is 11.7 Å². The maximum Gasteiger partial charge on any atom is 0.166 e. The van der Waals surface area contributed by atoms with Gasteiger partial charge in [-0.25, -0.2) is 8.78 Å². The summed E-state index contributed by atoms with van der Waals surface area (Å²) in [7, 11) is 2.12. The number of nitrogens with zero attached hydrogens (tertiary/aromatic N) is 3. The van der Waals surface area contributed by atoms with Crippen LogP contribution in [0, 0.1) is 28.9 Å². The van der Waals surface area contributed by atoms with Crippen LogP contribution >= 0.6 is 0 Å². The Morgan fingerprint density at radius 1 is 1.08 bits per heavy atom. The van der Waals surface area contributed by atoms with Crippen molar-refractivity contribution in [1.82, 2.24) is 9.80 Å². The molecule has 2 aromatic carbocycles. The number of benzene rings is 2. The van der Waals surface area contributed by atoms with E-state index >= 15 is 8.78 Å². The van der Waals surface area contributed by atoms with Gasteiger partial charge in [0.05, 0.1) is 17.5 Å². The highest BCUT2D eigenvalue weighted by Crippen LogP contribution is 2.29. The summed E-state index contributed by atoms with van der Waals surface area (Å²) in [6, 6.07) is 12.7. The van der Waals surface area contributed by atoms with Gasteiger partial charge in [0.1, 0.15) is 0 Å². The highest BCUT2D eigenvalue weighted by Gasteiger charge is 2.36. The number of Topliss-reactive ketones (excluding diaryl/α,β-unsaturated/α-hetero) is 1. The summed E-state index contributed by atoms with van der Waals surface area (Å²) in [6.07, 6.45) is 0.651. The van der Waals surface area contributed by atoms with E-state index in [9.17, 15) is 10.1 Å². The quantitative estimate of drug-likeness (QED) is 0.602. The molecule has 0 bridgehead atoms. The molecule has 0 unspecified atom stereocenters. The van der Waals surface area contributed by atoms with Crippen LogP contribution in [0.3, 0.4) is 0 Å². The molecule has 192 valence electrons. The first-order valence-electron chi connectivity index (χ1n) is 12.6. The molecule has 6 nitrogen and oxygen atoms in total. The minimum Gasteiger partial charge on any atom is -0.381 e. The normalized spacial score (nSPS) is 19.5. The predicted molar refractivity (Wildman–Crippen MR) is 134 cm³/mol. The first-order valence-corrected chi connectivity index (χ1v) is 12.6. The number of ether oxygens (including phenoxy) is 1. The maximum atomic E-state index is 15.1. The number of likely N-dealkylation sites (N-methyl/N-ethyl adjacent to an activating group) is 1. The number of rotatable bonds is 8. The largest absolute Gasteiger partial charge is 0.381 e. The Labute approximate surface area is 211 Å². The molecule has 2 heterocycles. The molecule has 2 N–H and O–H groups in total. The van der Waals surface area contributed by atoms with Gasteiger partial charge in [-0.2, -0.15) is 5.26 Å². The Morgan fingerprint density at radius 2 is 1.75 bits per heavy atom. The van der Waals surface area contributed by atoms with E-state index < -0.39 is 23.1 Å². The third-order valence-corrected chi connectivity index (χ3v) is 7.45. The molecule has 4 rings (SSSR count). The van der Waals surface area contributed by atoms with E-state index in [1.54, 1.807) is 6.07 Å². The Hall–Kier alpha value is -2.70. The Balaban J connectivity index is 1.42. The number of hydrogen-bond donors (Lipinski definition) is 1. The van der Waals surface area contributed by atoms with E-state index in [1.165, 1.54) is 6.07 Å². The molecule has 1 atom stereocenters. The zero-order chi connectivity index (χ0) is 25.7. The molecule has 0 aromatic heterocycles. The van der Waals surface area contributed by atoms with Crippen molar-refractivity contribution >= 4 is 5.78 Å². The number of ketones is 1. The molecule has 0 spiro atoms. The van der Waals surface area contributed by atoms with Gasteiger partial charge in [0.2, 0.25) is 0 Å². The number of hydrogen-bond acceptors (Lipinski definition) is 6. The summed E-state index contributed by atoms with van der Waals surface area (Å²) in [5.41, 5.74) is 7.19. The zero-order valence-corrected chi connectivity index (χ0v) is 20.8. The average molecular weight is 497 g/mol. The molecule has 0 saturated carbocycles. The van der Waals surface area contributed by atoms with Crippen molar-refractivity contribution in [2.75, 3.05) is 46.4 Å². The van der Waals surface area contributed by atoms with E-state index in [1.807, 2.05) is 24.3 Å². The summed E-state index contributed by atoms with van der Waals surface area (Å²) in [5.74, 6) is -2.93. The fourth-order valence-electron chi connectivity index (χ4n) is 4.89. The molecule has 2 fully saturated rings. The van der Waals surface area contributed by atoms with Gasteiger partial charge in [-0.3, -0.25) is 9.69 Å². The summed E-state index contributed by atoms with van der Waals surface area (Å²) in [6.45, 7) is 5.73. The lowest BCUT2D eigenvalue weighted by atomic mass is 9.81. The molecule has 0 radical (unpaired) electrons. The molecule has 2 saturated heterocycles. The predicted octanol–water partition coefficient (Wildman–Crippen LogP) is 3.53. The molecule has 2 aliphatic rings. The van der Waals surface area contributed by atoms with Gasteiger partial charge in [0.25, 0.3) is 0 Å². The second kappa shape index (κ2) is 11.6. The van der Waals surface area contributed by atoms with Crippen molar-refractivity contribution in [3.8, 4) is 17.2 Å². The lowest BCUT2D eigenvalue weighted by molar-refractivity contribution is -0.128. The van der Waals surface area contributed by atoms with Crippen LogP contribution in [0.15, 0.2) is 36.4 Å². The van der Waals surface area contributed by atoms with Crippen LogP contribution in [0.25, 0.3) is 11.1 Å². The van der Waals surface area contributed by atoms with E-state index in [4.69, 9.17) is 10.5 Å². The summed E-state index contributed by atoms with van der Waals surface area (Å²) in [5, 5.41) is 9.58. The van der Waals surface area contributed by atoms with Crippen molar-refractivity contribution < 1.29 is 18.3 Å². The monoisotopic (exact) mass is 496 g/mol. The van der Waals surface area contributed by atoms with Gasteiger partial charge in [0.15, 0.2) is 17.4 Å². The van der Waals surface area contributed by atoms with E-state index in [-0.39, 0.29) is 29.8 Å². The fraction of sp³-hybridized carbons (Fsp3) is 0.500. The maximum absolute atomic E-state index is 15.1. The standard InChI is InChI=1S/C28H34F2N4O2/c1-33-10-12-34(13-11-33)19-20-2-4-22(5-3-20)24-7-6-23(26(29)27(24)30)16-21(18-31)17-25(35)28(32)8-14-36-15-9-28/h2-7,21H,8-17,19,32H2,1H3/t21-/m1/s1. The van der Waals surface area contributed by atoms with Gasteiger partial charge < -0.3 is 15.4 Å². The molecule has 2 aliphatic heterocycles. The van der Waals surface area contributed by atoms with Crippen molar-refractivity contribution in [2.45, 2.75) is 37.8 Å². The van der Waals surface area contributed by atoms with Gasteiger partial charge >= 0.3 is 0 Å². The number of carbonyl (C=O) groups is 1. The van der Waals surface area contributed by atoms with Gasteiger partial charge in [-0.15, -0.1) is 0 Å². The van der Waals surface area contributed by atoms with Gasteiger partial charge in [0, 0.05) is 57.9 Å². The minimum atomic E-state index is -1.02. The average Bonchev–Trinajstić information content (AvgIpc) is 2.88. The van der Waals surface area contributed by atoms with Crippen LogP contribution in [0.1, 0.15) is 30.4 Å². The summed E-state index contributed by atoms with van der Waals surface area (Å²) >= 11 is 0. The van der Waals surface area contributed by atoms with Crippen LogP contribution in [-0.4, -0.2) is 67.6 Å². The molecule has 0 amide bonds. The Morgan fingerprint density at radius 3 is 2.39 bits per heavy atom. The SMILES string of the molecule is CN1CCN(Cc2ccc(-c3ccc(C[C@@H](C#N)CC(=O)C4(N)CCOCC4)c(F)c3F)cc2)CC1. The molecule has 36 heavy (non-hydrogen) atoms. The zero-order valence-electron chi connectivity index (χ0n) is 20.8. The molecular weight excluding hydrogens is 462 g/mol. The first kappa shape index (κ1) is 26.4. The summed E-state index contributed by atoms with van der Waals surface area (Å²) in [4.78, 5) is 17.4. The Kier molecular flexibility index (Phi) is 8.47. The van der Waals surface area contributed by atoms with Crippen LogP contribution in [0.5, 0.6) is 0 Å². The van der Waals surface area contributed by atoms with E-state index in [0.29, 0.717) is 31.6 Å². The molecule has 8 heteroatoms. The smallest absolute Gasteiger partial charge is 0.166 e. The minimum absolute atomic E-state index is 0.0538. The molecular formula is C28H34F2N4O2. The topological polar surface area (TPSA) is 82.6 Å².